The third-order valence-corrected chi connectivity index (χ3v) is 4.41. The number of amides is 2. The summed E-state index contributed by atoms with van der Waals surface area (Å²) >= 11 is 0. The Morgan fingerprint density at radius 1 is 1.24 bits per heavy atom. The summed E-state index contributed by atoms with van der Waals surface area (Å²) in [6, 6.07) is -0.499. The SMILES string of the molecule is CC1CC(=O)NC2(CCCCC2)C(=O)N1CCC(F)(F)F. The largest absolute Gasteiger partial charge is 0.390 e. The van der Waals surface area contributed by atoms with Crippen molar-refractivity contribution in [1.82, 2.24) is 10.2 Å². The number of carbonyl (C=O) groups excluding carboxylic acids is 2. The second-order valence-electron chi connectivity index (χ2n) is 6.11. The highest BCUT2D eigenvalue weighted by atomic mass is 19.4. The van der Waals surface area contributed by atoms with Gasteiger partial charge in [-0.15, -0.1) is 0 Å². The quantitative estimate of drug-likeness (QED) is 0.851. The average Bonchev–Trinajstić information content (AvgIpc) is 2.44. The number of hydrogen-bond acceptors (Lipinski definition) is 2. The number of rotatable bonds is 2. The van der Waals surface area contributed by atoms with Crippen LogP contribution < -0.4 is 5.32 Å². The number of alkyl halides is 3. The van der Waals surface area contributed by atoms with E-state index in [1.165, 1.54) is 4.90 Å². The van der Waals surface area contributed by atoms with Gasteiger partial charge < -0.3 is 10.2 Å². The van der Waals surface area contributed by atoms with E-state index in [-0.39, 0.29) is 24.8 Å². The zero-order valence-corrected chi connectivity index (χ0v) is 12.1. The molecule has 4 nitrogen and oxygen atoms in total. The minimum Gasteiger partial charge on any atom is -0.342 e. The molecule has 1 atom stereocenters. The summed E-state index contributed by atoms with van der Waals surface area (Å²) in [6.07, 6.45) is -1.62. The third kappa shape index (κ3) is 3.68. The highest BCUT2D eigenvalue weighted by molar-refractivity contribution is 5.94. The molecule has 2 aliphatic rings. The molecule has 1 N–H and O–H groups in total. The van der Waals surface area contributed by atoms with E-state index in [4.69, 9.17) is 0 Å². The Bertz CT molecular complexity index is 417. The van der Waals surface area contributed by atoms with Crippen LogP contribution in [-0.2, 0) is 9.59 Å². The lowest BCUT2D eigenvalue weighted by Gasteiger charge is -2.39. The van der Waals surface area contributed by atoms with Gasteiger partial charge >= 0.3 is 6.18 Å². The molecule has 0 aromatic carbocycles. The van der Waals surface area contributed by atoms with Gasteiger partial charge in [-0.25, -0.2) is 0 Å². The van der Waals surface area contributed by atoms with Crippen molar-refractivity contribution in [3.8, 4) is 0 Å². The number of hydrogen-bond donors (Lipinski definition) is 1. The maximum Gasteiger partial charge on any atom is 0.390 e. The zero-order valence-electron chi connectivity index (χ0n) is 12.1. The van der Waals surface area contributed by atoms with E-state index in [1.54, 1.807) is 6.92 Å². The monoisotopic (exact) mass is 306 g/mol. The number of halogens is 3. The van der Waals surface area contributed by atoms with E-state index in [9.17, 15) is 22.8 Å². The molecular formula is C14H21F3N2O2. The van der Waals surface area contributed by atoms with Gasteiger partial charge in [-0.1, -0.05) is 19.3 Å². The molecule has 7 heteroatoms. The lowest BCUT2D eigenvalue weighted by atomic mass is 9.80. The summed E-state index contributed by atoms with van der Waals surface area (Å²) in [4.78, 5) is 25.9. The van der Waals surface area contributed by atoms with Crippen molar-refractivity contribution in [2.24, 2.45) is 0 Å². The van der Waals surface area contributed by atoms with Crippen LogP contribution in [0.2, 0.25) is 0 Å². The van der Waals surface area contributed by atoms with Crippen LogP contribution in [0.1, 0.15) is 51.9 Å². The molecule has 1 unspecified atom stereocenters. The first-order chi connectivity index (χ1) is 9.73. The first kappa shape index (κ1) is 16.1. The first-order valence-corrected chi connectivity index (χ1v) is 7.42. The van der Waals surface area contributed by atoms with Crippen LogP contribution in [0.3, 0.4) is 0 Å². The van der Waals surface area contributed by atoms with Gasteiger partial charge in [0.2, 0.25) is 11.8 Å². The van der Waals surface area contributed by atoms with E-state index >= 15 is 0 Å². The molecule has 1 aliphatic heterocycles. The molecule has 1 heterocycles. The fourth-order valence-corrected chi connectivity index (χ4v) is 3.29. The van der Waals surface area contributed by atoms with Crippen molar-refractivity contribution < 1.29 is 22.8 Å². The molecule has 2 rings (SSSR count). The molecule has 1 saturated carbocycles. The van der Waals surface area contributed by atoms with Crippen molar-refractivity contribution >= 4 is 11.8 Å². The van der Waals surface area contributed by atoms with Crippen molar-refractivity contribution in [3.63, 3.8) is 0 Å². The Labute approximate surface area is 122 Å². The van der Waals surface area contributed by atoms with Crippen LogP contribution in [0, 0.1) is 0 Å². The highest BCUT2D eigenvalue weighted by Crippen LogP contribution is 2.33. The molecule has 120 valence electrons. The first-order valence-electron chi connectivity index (χ1n) is 7.42. The average molecular weight is 306 g/mol. The van der Waals surface area contributed by atoms with Crippen LogP contribution >= 0.6 is 0 Å². The second kappa shape index (κ2) is 5.85. The van der Waals surface area contributed by atoms with E-state index in [0.29, 0.717) is 12.8 Å². The maximum atomic E-state index is 12.7. The van der Waals surface area contributed by atoms with Gasteiger partial charge in [-0.05, 0) is 19.8 Å². The molecule has 1 aliphatic carbocycles. The molecule has 0 radical (unpaired) electrons. The van der Waals surface area contributed by atoms with E-state index < -0.39 is 24.2 Å². The van der Waals surface area contributed by atoms with Gasteiger partial charge in [0.1, 0.15) is 5.54 Å². The minimum absolute atomic E-state index is 0.0609. The van der Waals surface area contributed by atoms with E-state index in [1.807, 2.05) is 0 Å². The topological polar surface area (TPSA) is 49.4 Å². The Balaban J connectivity index is 2.20. The molecule has 1 saturated heterocycles. The van der Waals surface area contributed by atoms with Gasteiger partial charge in [-0.2, -0.15) is 13.2 Å². The van der Waals surface area contributed by atoms with E-state index in [2.05, 4.69) is 5.32 Å². The molecule has 2 amide bonds. The van der Waals surface area contributed by atoms with Crippen molar-refractivity contribution in [3.05, 3.63) is 0 Å². The van der Waals surface area contributed by atoms with Gasteiger partial charge in [-0.3, -0.25) is 9.59 Å². The van der Waals surface area contributed by atoms with Crippen LogP contribution in [0.4, 0.5) is 13.2 Å². The molecule has 0 bridgehead atoms. The molecule has 0 aromatic heterocycles. The van der Waals surface area contributed by atoms with Gasteiger partial charge in [0.05, 0.1) is 6.42 Å². The Kier molecular flexibility index (Phi) is 4.49. The number of nitrogens with zero attached hydrogens (tertiary/aromatic N) is 1. The lowest BCUT2D eigenvalue weighted by Crippen LogP contribution is -2.59. The maximum absolute atomic E-state index is 12.7. The van der Waals surface area contributed by atoms with Crippen LogP contribution in [-0.4, -0.2) is 41.0 Å². The van der Waals surface area contributed by atoms with Gasteiger partial charge in [0.15, 0.2) is 0 Å². The summed E-state index contributed by atoms with van der Waals surface area (Å²) in [5, 5.41) is 2.79. The van der Waals surface area contributed by atoms with Crippen LogP contribution in [0.15, 0.2) is 0 Å². The number of carbonyl (C=O) groups is 2. The van der Waals surface area contributed by atoms with Gasteiger partial charge in [0, 0.05) is 19.0 Å². The Hall–Kier alpha value is -1.27. The predicted octanol–water partition coefficient (Wildman–Crippen LogP) is 2.38. The van der Waals surface area contributed by atoms with Crippen molar-refractivity contribution in [2.45, 2.75) is 69.6 Å². The highest BCUT2D eigenvalue weighted by Gasteiger charge is 2.47. The molecule has 21 heavy (non-hydrogen) atoms. The second-order valence-corrected chi connectivity index (χ2v) is 6.11. The van der Waals surface area contributed by atoms with Gasteiger partial charge in [0.25, 0.3) is 0 Å². The van der Waals surface area contributed by atoms with Crippen LogP contribution in [0.25, 0.3) is 0 Å². The lowest BCUT2D eigenvalue weighted by molar-refractivity contribution is -0.151. The van der Waals surface area contributed by atoms with Crippen molar-refractivity contribution in [2.75, 3.05) is 6.54 Å². The Morgan fingerprint density at radius 3 is 2.43 bits per heavy atom. The molecular weight excluding hydrogens is 285 g/mol. The normalized spacial score (nSPS) is 26.7. The standard InChI is InChI=1S/C14H21F3N2O2/c1-10-9-11(20)18-13(5-3-2-4-6-13)12(21)19(10)8-7-14(15,16)17/h10H,2-9H2,1H3,(H,18,20). The summed E-state index contributed by atoms with van der Waals surface area (Å²) in [7, 11) is 0. The fourth-order valence-electron chi connectivity index (χ4n) is 3.29. The van der Waals surface area contributed by atoms with Crippen molar-refractivity contribution in [1.29, 1.82) is 0 Å². The zero-order chi connectivity index (χ0) is 15.7. The van der Waals surface area contributed by atoms with E-state index in [0.717, 1.165) is 19.3 Å². The fraction of sp³-hybridized carbons (Fsp3) is 0.857. The summed E-state index contributed by atoms with van der Waals surface area (Å²) < 4.78 is 37.4. The minimum atomic E-state index is -4.30. The smallest absolute Gasteiger partial charge is 0.342 e. The summed E-state index contributed by atoms with van der Waals surface area (Å²) in [5.41, 5.74) is -0.980. The summed E-state index contributed by atoms with van der Waals surface area (Å²) in [5.74, 6) is -0.586. The summed E-state index contributed by atoms with van der Waals surface area (Å²) in [6.45, 7) is 1.26. The Morgan fingerprint density at radius 2 is 1.86 bits per heavy atom. The van der Waals surface area contributed by atoms with Crippen LogP contribution in [0.5, 0.6) is 0 Å². The third-order valence-electron chi connectivity index (χ3n) is 4.41. The predicted molar refractivity (Wildman–Crippen MR) is 70.4 cm³/mol. The number of nitrogens with one attached hydrogen (secondary N) is 1. The molecule has 0 aromatic rings. The molecule has 1 spiro atoms. The molecule has 2 fully saturated rings.